The Balaban J connectivity index is 1.98. The second kappa shape index (κ2) is 4.56. The van der Waals surface area contributed by atoms with E-state index < -0.39 is 0 Å². The molecule has 0 atom stereocenters. The lowest BCUT2D eigenvalue weighted by Crippen LogP contribution is -2.26. The number of rotatable bonds is 3. The van der Waals surface area contributed by atoms with E-state index in [0.29, 0.717) is 0 Å². The Kier molecular flexibility index (Phi) is 3.13. The third-order valence-corrected chi connectivity index (χ3v) is 3.03. The summed E-state index contributed by atoms with van der Waals surface area (Å²) in [5.41, 5.74) is 2.57. The number of carbonyl (C=O) groups excluding carboxylic acids is 1. The van der Waals surface area contributed by atoms with Crippen molar-refractivity contribution < 1.29 is 9.53 Å². The molecular formula is C13H17NO2. The molecular weight excluding hydrogens is 202 g/mol. The van der Waals surface area contributed by atoms with Crippen molar-refractivity contribution in [3.05, 3.63) is 29.3 Å². The van der Waals surface area contributed by atoms with E-state index >= 15 is 0 Å². The van der Waals surface area contributed by atoms with Gasteiger partial charge < -0.3 is 9.64 Å². The minimum atomic E-state index is 0.115. The summed E-state index contributed by atoms with van der Waals surface area (Å²) in [7, 11) is 1.83. The molecule has 1 amide bonds. The van der Waals surface area contributed by atoms with Gasteiger partial charge in [0.15, 0.2) is 0 Å². The van der Waals surface area contributed by atoms with Gasteiger partial charge in [0.05, 0.1) is 6.61 Å². The Bertz CT molecular complexity index is 401. The SMILES string of the molecule is CC(=O)N(C)CCc1ccc2c(c1)CCO2. The summed E-state index contributed by atoms with van der Waals surface area (Å²) in [5.74, 6) is 1.13. The lowest BCUT2D eigenvalue weighted by Gasteiger charge is -2.14. The highest BCUT2D eigenvalue weighted by molar-refractivity contribution is 5.72. The summed E-state index contributed by atoms with van der Waals surface area (Å²) < 4.78 is 5.45. The molecule has 86 valence electrons. The van der Waals surface area contributed by atoms with Crippen LogP contribution in [-0.4, -0.2) is 31.0 Å². The van der Waals surface area contributed by atoms with Gasteiger partial charge in [-0.15, -0.1) is 0 Å². The zero-order valence-electron chi connectivity index (χ0n) is 9.82. The van der Waals surface area contributed by atoms with E-state index in [1.165, 1.54) is 11.1 Å². The van der Waals surface area contributed by atoms with Crippen LogP contribution in [0, 0.1) is 0 Å². The van der Waals surface area contributed by atoms with E-state index in [0.717, 1.165) is 31.7 Å². The molecule has 1 aromatic rings. The van der Waals surface area contributed by atoms with Crippen molar-refractivity contribution >= 4 is 5.91 Å². The maximum Gasteiger partial charge on any atom is 0.219 e. The highest BCUT2D eigenvalue weighted by Crippen LogP contribution is 2.25. The largest absolute Gasteiger partial charge is 0.493 e. The zero-order valence-corrected chi connectivity index (χ0v) is 9.82. The Hall–Kier alpha value is -1.51. The molecule has 1 aliphatic rings. The van der Waals surface area contributed by atoms with Gasteiger partial charge in [0.25, 0.3) is 0 Å². The third kappa shape index (κ3) is 2.35. The predicted octanol–water partition coefficient (Wildman–Crippen LogP) is 1.64. The van der Waals surface area contributed by atoms with E-state index in [9.17, 15) is 4.79 Å². The molecule has 0 saturated heterocycles. The van der Waals surface area contributed by atoms with Gasteiger partial charge in [0.1, 0.15) is 5.75 Å². The van der Waals surface area contributed by atoms with Crippen LogP contribution in [0.25, 0.3) is 0 Å². The quantitative estimate of drug-likeness (QED) is 0.773. The van der Waals surface area contributed by atoms with Gasteiger partial charge in [-0.3, -0.25) is 4.79 Å². The van der Waals surface area contributed by atoms with Crippen LogP contribution >= 0.6 is 0 Å². The Morgan fingerprint density at radius 2 is 2.31 bits per heavy atom. The van der Waals surface area contributed by atoms with Crippen molar-refractivity contribution in [2.24, 2.45) is 0 Å². The predicted molar refractivity (Wildman–Crippen MR) is 62.7 cm³/mol. The molecule has 16 heavy (non-hydrogen) atoms. The molecule has 3 heteroatoms. The Morgan fingerprint density at radius 3 is 3.06 bits per heavy atom. The summed E-state index contributed by atoms with van der Waals surface area (Å²) in [5, 5.41) is 0. The number of ether oxygens (including phenoxy) is 1. The number of hydrogen-bond donors (Lipinski definition) is 0. The topological polar surface area (TPSA) is 29.5 Å². The highest BCUT2D eigenvalue weighted by atomic mass is 16.5. The number of benzene rings is 1. The first-order valence-electron chi connectivity index (χ1n) is 5.63. The van der Waals surface area contributed by atoms with Gasteiger partial charge in [-0.25, -0.2) is 0 Å². The maximum absolute atomic E-state index is 11.1. The van der Waals surface area contributed by atoms with E-state index in [1.54, 1.807) is 11.8 Å². The van der Waals surface area contributed by atoms with Crippen LogP contribution in [0.3, 0.4) is 0 Å². The fourth-order valence-corrected chi connectivity index (χ4v) is 1.85. The molecule has 0 N–H and O–H groups in total. The number of carbonyl (C=O) groups is 1. The first-order valence-corrected chi connectivity index (χ1v) is 5.63. The van der Waals surface area contributed by atoms with Gasteiger partial charge >= 0.3 is 0 Å². The third-order valence-electron chi connectivity index (χ3n) is 3.03. The number of likely N-dealkylation sites (N-methyl/N-ethyl adjacent to an activating group) is 1. The maximum atomic E-state index is 11.1. The summed E-state index contributed by atoms with van der Waals surface area (Å²) in [4.78, 5) is 12.8. The Morgan fingerprint density at radius 1 is 1.50 bits per heavy atom. The molecule has 0 fully saturated rings. The molecule has 0 aliphatic carbocycles. The van der Waals surface area contributed by atoms with Crippen LogP contribution < -0.4 is 4.74 Å². The molecule has 3 nitrogen and oxygen atoms in total. The van der Waals surface area contributed by atoms with Crippen molar-refractivity contribution in [3.8, 4) is 5.75 Å². The van der Waals surface area contributed by atoms with Crippen molar-refractivity contribution in [1.29, 1.82) is 0 Å². The molecule has 1 aliphatic heterocycles. The van der Waals surface area contributed by atoms with Gasteiger partial charge in [0.2, 0.25) is 5.91 Å². The monoisotopic (exact) mass is 219 g/mol. The summed E-state index contributed by atoms with van der Waals surface area (Å²) in [6, 6.07) is 6.31. The molecule has 0 aromatic heterocycles. The minimum absolute atomic E-state index is 0.115. The molecule has 2 rings (SSSR count). The summed E-state index contributed by atoms with van der Waals surface area (Å²) >= 11 is 0. The highest BCUT2D eigenvalue weighted by Gasteiger charge is 2.12. The van der Waals surface area contributed by atoms with Crippen LogP contribution in [-0.2, 0) is 17.6 Å². The molecule has 0 radical (unpaired) electrons. The van der Waals surface area contributed by atoms with Crippen molar-refractivity contribution in [3.63, 3.8) is 0 Å². The summed E-state index contributed by atoms with van der Waals surface area (Å²) in [6.07, 6.45) is 1.91. The average Bonchev–Trinajstić information content (AvgIpc) is 2.72. The first kappa shape index (κ1) is 11.0. The smallest absolute Gasteiger partial charge is 0.219 e. The van der Waals surface area contributed by atoms with Gasteiger partial charge in [-0.2, -0.15) is 0 Å². The van der Waals surface area contributed by atoms with Crippen LogP contribution in [0.2, 0.25) is 0 Å². The van der Waals surface area contributed by atoms with Gasteiger partial charge in [-0.05, 0) is 23.6 Å². The summed E-state index contributed by atoms with van der Waals surface area (Å²) in [6.45, 7) is 3.16. The minimum Gasteiger partial charge on any atom is -0.493 e. The van der Waals surface area contributed by atoms with E-state index in [1.807, 2.05) is 13.1 Å². The Labute approximate surface area is 96.0 Å². The number of nitrogens with zero attached hydrogens (tertiary/aromatic N) is 1. The molecule has 0 unspecified atom stereocenters. The molecule has 0 saturated carbocycles. The van der Waals surface area contributed by atoms with Crippen LogP contribution in [0.5, 0.6) is 5.75 Å². The molecule has 1 aromatic carbocycles. The van der Waals surface area contributed by atoms with Crippen LogP contribution in [0.15, 0.2) is 18.2 Å². The number of amides is 1. The number of hydrogen-bond acceptors (Lipinski definition) is 2. The van der Waals surface area contributed by atoms with Crippen LogP contribution in [0.1, 0.15) is 18.1 Å². The molecule has 0 bridgehead atoms. The zero-order chi connectivity index (χ0) is 11.5. The van der Waals surface area contributed by atoms with Crippen molar-refractivity contribution in [2.75, 3.05) is 20.2 Å². The fourth-order valence-electron chi connectivity index (χ4n) is 1.85. The molecule has 0 spiro atoms. The number of fused-ring (bicyclic) bond motifs is 1. The van der Waals surface area contributed by atoms with Gasteiger partial charge in [-0.1, -0.05) is 12.1 Å². The van der Waals surface area contributed by atoms with E-state index in [2.05, 4.69) is 12.1 Å². The van der Waals surface area contributed by atoms with E-state index in [-0.39, 0.29) is 5.91 Å². The second-order valence-electron chi connectivity index (χ2n) is 4.23. The normalized spacial score (nSPS) is 13.1. The first-order chi connectivity index (χ1) is 7.66. The molecule has 1 heterocycles. The second-order valence-corrected chi connectivity index (χ2v) is 4.23. The van der Waals surface area contributed by atoms with Crippen molar-refractivity contribution in [1.82, 2.24) is 4.90 Å². The standard InChI is InChI=1S/C13H17NO2/c1-10(15)14(2)7-5-11-3-4-13-12(9-11)6-8-16-13/h3-4,9H,5-8H2,1-2H3. The lowest BCUT2D eigenvalue weighted by molar-refractivity contribution is -0.127. The fraction of sp³-hybridized carbons (Fsp3) is 0.462. The van der Waals surface area contributed by atoms with Crippen LogP contribution in [0.4, 0.5) is 0 Å². The average molecular weight is 219 g/mol. The lowest BCUT2D eigenvalue weighted by atomic mass is 10.1. The van der Waals surface area contributed by atoms with E-state index in [4.69, 9.17) is 4.74 Å². The van der Waals surface area contributed by atoms with Crippen molar-refractivity contribution in [2.45, 2.75) is 19.8 Å². The van der Waals surface area contributed by atoms with Gasteiger partial charge in [0, 0.05) is 26.9 Å².